The number of carbonyl (C=O) groups excluding carboxylic acids is 3. The Morgan fingerprint density at radius 2 is 1.74 bits per heavy atom. The number of aliphatic hydroxyl groups excluding tert-OH is 1. The van der Waals surface area contributed by atoms with Crippen molar-refractivity contribution in [2.24, 2.45) is 5.92 Å². The summed E-state index contributed by atoms with van der Waals surface area (Å²) < 4.78 is 5.35. The SMILES string of the molecule is CC(C)(C)OC(=O)N[C@@H](Cc1ccccc1)C(=O)N1CCC(C(=O)N2C[C@@H](O)C[C@H]2C(=O)O)CC1. The van der Waals surface area contributed by atoms with Gasteiger partial charge in [-0.05, 0) is 39.2 Å². The largest absolute Gasteiger partial charge is 0.480 e. The lowest BCUT2D eigenvalue weighted by molar-refractivity contribution is -0.151. The molecule has 10 nitrogen and oxygen atoms in total. The maximum Gasteiger partial charge on any atom is 0.408 e. The summed E-state index contributed by atoms with van der Waals surface area (Å²) in [7, 11) is 0. The number of carboxylic acid groups (broad SMARTS) is 1. The molecule has 3 N–H and O–H groups in total. The van der Waals surface area contributed by atoms with E-state index in [4.69, 9.17) is 4.74 Å². The number of aliphatic carboxylic acids is 1. The number of alkyl carbamates (subject to hydrolysis) is 1. The monoisotopic (exact) mass is 489 g/mol. The van der Waals surface area contributed by atoms with Crippen LogP contribution in [-0.2, 0) is 25.5 Å². The number of ether oxygens (including phenoxy) is 1. The lowest BCUT2D eigenvalue weighted by atomic mass is 9.94. The van der Waals surface area contributed by atoms with Crippen LogP contribution in [0.25, 0.3) is 0 Å². The van der Waals surface area contributed by atoms with Gasteiger partial charge in [0.05, 0.1) is 6.10 Å². The Bertz CT molecular complexity index is 923. The van der Waals surface area contributed by atoms with Crippen molar-refractivity contribution in [3.8, 4) is 0 Å². The van der Waals surface area contributed by atoms with E-state index in [0.717, 1.165) is 5.56 Å². The lowest BCUT2D eigenvalue weighted by Gasteiger charge is -2.36. The van der Waals surface area contributed by atoms with Crippen molar-refractivity contribution >= 4 is 23.9 Å². The Hall–Kier alpha value is -3.14. The van der Waals surface area contributed by atoms with Gasteiger partial charge in [0.2, 0.25) is 11.8 Å². The average Bonchev–Trinajstić information content (AvgIpc) is 3.19. The highest BCUT2D eigenvalue weighted by atomic mass is 16.6. The minimum atomic E-state index is -1.13. The number of benzene rings is 1. The summed E-state index contributed by atoms with van der Waals surface area (Å²) in [4.78, 5) is 53.1. The van der Waals surface area contributed by atoms with Crippen molar-refractivity contribution in [1.82, 2.24) is 15.1 Å². The second-order valence-corrected chi connectivity index (χ2v) is 10.2. The molecule has 2 heterocycles. The number of hydrogen-bond acceptors (Lipinski definition) is 6. The fraction of sp³-hybridized carbons (Fsp3) is 0.600. The molecule has 1 aromatic carbocycles. The van der Waals surface area contributed by atoms with E-state index in [1.165, 1.54) is 4.90 Å². The van der Waals surface area contributed by atoms with Gasteiger partial charge in [-0.25, -0.2) is 9.59 Å². The quantitative estimate of drug-likeness (QED) is 0.550. The molecule has 1 aromatic rings. The zero-order valence-electron chi connectivity index (χ0n) is 20.5. The van der Waals surface area contributed by atoms with E-state index in [1.54, 1.807) is 25.7 Å². The number of hydrogen-bond donors (Lipinski definition) is 3. The van der Waals surface area contributed by atoms with Crippen molar-refractivity contribution in [2.75, 3.05) is 19.6 Å². The van der Waals surface area contributed by atoms with Gasteiger partial charge in [-0.3, -0.25) is 9.59 Å². The number of likely N-dealkylation sites (tertiary alicyclic amines) is 2. The number of rotatable bonds is 6. The lowest BCUT2D eigenvalue weighted by Crippen LogP contribution is -2.53. The van der Waals surface area contributed by atoms with Crippen LogP contribution in [0.2, 0.25) is 0 Å². The fourth-order valence-electron chi connectivity index (χ4n) is 4.59. The number of aliphatic hydroxyl groups is 1. The molecule has 3 amide bonds. The highest BCUT2D eigenvalue weighted by Gasteiger charge is 2.42. The number of piperidine rings is 1. The number of carboxylic acids is 1. The number of amides is 3. The van der Waals surface area contributed by atoms with Crippen LogP contribution in [0.15, 0.2) is 30.3 Å². The first-order chi connectivity index (χ1) is 16.4. The van der Waals surface area contributed by atoms with Gasteiger partial charge in [-0.15, -0.1) is 0 Å². The Balaban J connectivity index is 1.64. The maximum absolute atomic E-state index is 13.4. The first-order valence-electron chi connectivity index (χ1n) is 12.0. The van der Waals surface area contributed by atoms with Crippen molar-refractivity contribution < 1.29 is 34.1 Å². The van der Waals surface area contributed by atoms with Crippen LogP contribution in [0, 0.1) is 5.92 Å². The summed E-state index contributed by atoms with van der Waals surface area (Å²) in [6, 6.07) is 7.51. The third kappa shape index (κ3) is 7.17. The van der Waals surface area contributed by atoms with E-state index < -0.39 is 41.8 Å². The summed E-state index contributed by atoms with van der Waals surface area (Å²) in [6.45, 7) is 5.87. The standard InChI is InChI=1S/C25H35N3O7/c1-25(2,3)35-24(34)26-19(13-16-7-5-4-6-8-16)22(31)27-11-9-17(10-12-27)21(30)28-15-18(29)14-20(28)23(32)33/h4-8,17-20,29H,9-15H2,1-3H3,(H,26,34)(H,32,33)/t18-,19-,20-/m0/s1. The van der Waals surface area contributed by atoms with E-state index in [-0.39, 0.29) is 24.8 Å². The Labute approximate surface area is 205 Å². The first kappa shape index (κ1) is 26.5. The smallest absolute Gasteiger partial charge is 0.408 e. The molecule has 0 spiro atoms. The molecule has 0 bridgehead atoms. The molecule has 3 atom stereocenters. The molecule has 0 unspecified atom stereocenters. The molecule has 0 aliphatic carbocycles. The molecule has 0 aromatic heterocycles. The summed E-state index contributed by atoms with van der Waals surface area (Å²) in [6.07, 6.45) is -0.440. The molecule has 0 saturated carbocycles. The van der Waals surface area contributed by atoms with Gasteiger partial charge in [0, 0.05) is 38.4 Å². The number of β-amino-alcohol motifs (C(OH)–C–C–N with tert-alkyl or cyclic N) is 1. The minimum absolute atomic E-state index is 0.00784. The predicted molar refractivity (Wildman–Crippen MR) is 126 cm³/mol. The molecule has 2 saturated heterocycles. The van der Waals surface area contributed by atoms with Crippen LogP contribution in [0.1, 0.15) is 45.6 Å². The summed E-state index contributed by atoms with van der Waals surface area (Å²) in [5.74, 6) is -2.10. The first-order valence-corrected chi connectivity index (χ1v) is 12.0. The van der Waals surface area contributed by atoms with Crippen molar-refractivity contribution in [2.45, 2.75) is 70.2 Å². The molecule has 10 heteroatoms. The van der Waals surface area contributed by atoms with E-state index in [9.17, 15) is 29.4 Å². The van der Waals surface area contributed by atoms with E-state index in [2.05, 4.69) is 5.32 Å². The van der Waals surface area contributed by atoms with Gasteiger partial charge in [0.1, 0.15) is 17.7 Å². The van der Waals surface area contributed by atoms with E-state index in [1.807, 2.05) is 30.3 Å². The van der Waals surface area contributed by atoms with Gasteiger partial charge in [0.15, 0.2) is 0 Å². The van der Waals surface area contributed by atoms with Gasteiger partial charge in [-0.1, -0.05) is 30.3 Å². The minimum Gasteiger partial charge on any atom is -0.480 e. The second kappa shape index (κ2) is 11.1. The molecule has 2 aliphatic heterocycles. The topological polar surface area (TPSA) is 136 Å². The van der Waals surface area contributed by atoms with Gasteiger partial charge >= 0.3 is 12.1 Å². The normalized spacial score (nSPS) is 21.9. The van der Waals surface area contributed by atoms with Crippen LogP contribution >= 0.6 is 0 Å². The summed E-state index contributed by atoms with van der Waals surface area (Å²) in [5, 5.41) is 21.9. The van der Waals surface area contributed by atoms with Crippen molar-refractivity contribution in [1.29, 1.82) is 0 Å². The number of nitrogens with zero attached hydrogens (tertiary/aromatic N) is 2. The van der Waals surface area contributed by atoms with E-state index in [0.29, 0.717) is 32.4 Å². The fourth-order valence-corrected chi connectivity index (χ4v) is 4.59. The molecule has 0 radical (unpaired) electrons. The third-order valence-electron chi connectivity index (χ3n) is 6.27. The van der Waals surface area contributed by atoms with Crippen LogP contribution in [0.5, 0.6) is 0 Å². The van der Waals surface area contributed by atoms with Gasteiger partial charge in [-0.2, -0.15) is 0 Å². The van der Waals surface area contributed by atoms with Crippen LogP contribution in [-0.4, -0.2) is 87.3 Å². The zero-order chi connectivity index (χ0) is 25.8. The summed E-state index contributed by atoms with van der Waals surface area (Å²) >= 11 is 0. The van der Waals surface area contributed by atoms with Crippen molar-refractivity contribution in [3.63, 3.8) is 0 Å². The number of nitrogens with one attached hydrogen (secondary N) is 1. The predicted octanol–water partition coefficient (Wildman–Crippen LogP) is 1.41. The molecule has 35 heavy (non-hydrogen) atoms. The zero-order valence-corrected chi connectivity index (χ0v) is 20.5. The highest BCUT2D eigenvalue weighted by Crippen LogP contribution is 2.26. The van der Waals surface area contributed by atoms with Crippen LogP contribution in [0.4, 0.5) is 4.79 Å². The molecule has 192 valence electrons. The Morgan fingerprint density at radius 3 is 2.31 bits per heavy atom. The number of carbonyl (C=O) groups is 4. The van der Waals surface area contributed by atoms with Crippen molar-refractivity contribution in [3.05, 3.63) is 35.9 Å². The maximum atomic E-state index is 13.4. The third-order valence-corrected chi connectivity index (χ3v) is 6.27. The highest BCUT2D eigenvalue weighted by molar-refractivity contribution is 5.88. The molecule has 2 fully saturated rings. The van der Waals surface area contributed by atoms with E-state index >= 15 is 0 Å². The Kier molecular flexibility index (Phi) is 8.37. The van der Waals surface area contributed by atoms with Gasteiger partial charge < -0.3 is 30.1 Å². The average molecular weight is 490 g/mol. The molecule has 3 rings (SSSR count). The van der Waals surface area contributed by atoms with Crippen LogP contribution in [0.3, 0.4) is 0 Å². The van der Waals surface area contributed by atoms with Crippen LogP contribution < -0.4 is 5.32 Å². The molecular formula is C25H35N3O7. The summed E-state index contributed by atoms with van der Waals surface area (Å²) in [5.41, 5.74) is 0.180. The molecular weight excluding hydrogens is 454 g/mol. The van der Waals surface area contributed by atoms with Gasteiger partial charge in [0.25, 0.3) is 0 Å². The Morgan fingerprint density at radius 1 is 1.11 bits per heavy atom. The second-order valence-electron chi connectivity index (χ2n) is 10.2. The molecule has 2 aliphatic rings.